The van der Waals surface area contributed by atoms with Crippen LogP contribution in [-0.4, -0.2) is 34.0 Å². The summed E-state index contributed by atoms with van der Waals surface area (Å²) >= 11 is 5.96. The molecule has 0 unspecified atom stereocenters. The van der Waals surface area contributed by atoms with E-state index in [9.17, 15) is 9.59 Å². The van der Waals surface area contributed by atoms with Gasteiger partial charge in [0, 0.05) is 5.69 Å². The highest BCUT2D eigenvalue weighted by Crippen LogP contribution is 2.21. The smallest absolute Gasteiger partial charge is 0.339 e. The van der Waals surface area contributed by atoms with E-state index in [2.05, 4.69) is 20.3 Å². The van der Waals surface area contributed by atoms with Gasteiger partial charge in [-0.15, -0.1) is 5.10 Å². The van der Waals surface area contributed by atoms with Crippen molar-refractivity contribution in [2.75, 3.05) is 12.4 Å². The minimum absolute atomic E-state index is 0.137. The number of ether oxygens (including phenoxy) is 1. The molecule has 0 atom stereocenters. The maximum Gasteiger partial charge on any atom is 0.339 e. The van der Waals surface area contributed by atoms with Crippen molar-refractivity contribution in [3.63, 3.8) is 0 Å². The number of hydrogen-bond donors (Lipinski definition) is 1. The van der Waals surface area contributed by atoms with Gasteiger partial charge in [-0.1, -0.05) is 29.8 Å². The number of carbonyl (C=O) groups is 2. The van der Waals surface area contributed by atoms with Crippen LogP contribution in [-0.2, 0) is 4.74 Å². The van der Waals surface area contributed by atoms with E-state index in [1.807, 2.05) is 30.3 Å². The fraction of sp³-hybridized carbons (Fsp3) is 0.0588. The van der Waals surface area contributed by atoms with Crippen LogP contribution in [0.5, 0.6) is 0 Å². The van der Waals surface area contributed by atoms with Gasteiger partial charge in [-0.3, -0.25) is 4.79 Å². The fourth-order valence-electron chi connectivity index (χ4n) is 2.12. The first-order valence-corrected chi connectivity index (χ1v) is 7.63. The largest absolute Gasteiger partial charge is 0.465 e. The standard InChI is InChI=1S/C17H13ClN4O3/c1-25-17(24)13-9-11(7-8-14(13)18)20-16(23)15-10-19-22(21-15)12-5-3-2-4-6-12/h2-10H,1H3,(H,20,23). The van der Waals surface area contributed by atoms with E-state index in [0.717, 1.165) is 5.69 Å². The normalized spacial score (nSPS) is 10.3. The number of aromatic nitrogens is 3. The van der Waals surface area contributed by atoms with Gasteiger partial charge >= 0.3 is 5.97 Å². The lowest BCUT2D eigenvalue weighted by atomic mass is 10.2. The van der Waals surface area contributed by atoms with Crippen LogP contribution < -0.4 is 5.32 Å². The van der Waals surface area contributed by atoms with Gasteiger partial charge < -0.3 is 10.1 Å². The number of hydrogen-bond acceptors (Lipinski definition) is 5. The molecule has 3 rings (SSSR count). The Labute approximate surface area is 148 Å². The quantitative estimate of drug-likeness (QED) is 0.726. The van der Waals surface area contributed by atoms with Crippen LogP contribution in [0.15, 0.2) is 54.7 Å². The van der Waals surface area contributed by atoms with Gasteiger partial charge in [0.15, 0.2) is 5.69 Å². The molecule has 1 amide bonds. The number of benzene rings is 2. The summed E-state index contributed by atoms with van der Waals surface area (Å²) in [6.45, 7) is 0. The Morgan fingerprint density at radius 2 is 1.92 bits per heavy atom. The van der Waals surface area contributed by atoms with Gasteiger partial charge in [-0.25, -0.2) is 4.79 Å². The number of para-hydroxylation sites is 1. The molecular formula is C17H13ClN4O3. The number of esters is 1. The Bertz CT molecular complexity index is 925. The molecular weight excluding hydrogens is 344 g/mol. The van der Waals surface area contributed by atoms with Crippen molar-refractivity contribution in [2.45, 2.75) is 0 Å². The zero-order chi connectivity index (χ0) is 17.8. The summed E-state index contributed by atoms with van der Waals surface area (Å²) < 4.78 is 4.65. The highest BCUT2D eigenvalue weighted by atomic mass is 35.5. The molecule has 1 N–H and O–H groups in total. The van der Waals surface area contributed by atoms with Crippen molar-refractivity contribution >= 4 is 29.2 Å². The van der Waals surface area contributed by atoms with Gasteiger partial charge in [0.2, 0.25) is 0 Å². The molecule has 8 heteroatoms. The molecule has 1 heterocycles. The number of carbonyl (C=O) groups excluding carboxylic acids is 2. The number of rotatable bonds is 4. The molecule has 126 valence electrons. The summed E-state index contributed by atoms with van der Waals surface area (Å²) in [7, 11) is 1.26. The third-order valence-corrected chi connectivity index (χ3v) is 3.67. The molecule has 0 radical (unpaired) electrons. The predicted octanol–water partition coefficient (Wildman–Crippen LogP) is 2.96. The first-order valence-electron chi connectivity index (χ1n) is 7.25. The molecule has 0 bridgehead atoms. The Morgan fingerprint density at radius 3 is 2.64 bits per heavy atom. The third kappa shape index (κ3) is 3.67. The van der Waals surface area contributed by atoms with E-state index in [4.69, 9.17) is 11.6 Å². The second-order valence-electron chi connectivity index (χ2n) is 5.00. The topological polar surface area (TPSA) is 86.1 Å². The van der Waals surface area contributed by atoms with Gasteiger partial charge in [0.05, 0.1) is 29.6 Å². The van der Waals surface area contributed by atoms with Crippen LogP contribution in [0.1, 0.15) is 20.8 Å². The molecule has 0 aliphatic rings. The zero-order valence-corrected chi connectivity index (χ0v) is 13.9. The number of anilines is 1. The Balaban J connectivity index is 1.79. The van der Waals surface area contributed by atoms with Gasteiger partial charge in [0.1, 0.15) is 0 Å². The second kappa shape index (κ2) is 7.14. The van der Waals surface area contributed by atoms with Crippen LogP contribution in [0.3, 0.4) is 0 Å². The fourth-order valence-corrected chi connectivity index (χ4v) is 2.31. The molecule has 0 saturated carbocycles. The van der Waals surface area contributed by atoms with Gasteiger partial charge in [0.25, 0.3) is 5.91 Å². The van der Waals surface area contributed by atoms with Crippen molar-refractivity contribution < 1.29 is 14.3 Å². The van der Waals surface area contributed by atoms with Crippen molar-refractivity contribution in [1.29, 1.82) is 0 Å². The maximum absolute atomic E-state index is 12.3. The summed E-state index contributed by atoms with van der Waals surface area (Å²) in [5.41, 5.74) is 1.43. The highest BCUT2D eigenvalue weighted by Gasteiger charge is 2.15. The maximum atomic E-state index is 12.3. The Morgan fingerprint density at radius 1 is 1.16 bits per heavy atom. The monoisotopic (exact) mass is 356 g/mol. The van der Waals surface area contributed by atoms with Crippen LogP contribution in [0.25, 0.3) is 5.69 Å². The van der Waals surface area contributed by atoms with Gasteiger partial charge in [-0.2, -0.15) is 9.90 Å². The minimum Gasteiger partial charge on any atom is -0.465 e. The molecule has 1 aromatic heterocycles. The van der Waals surface area contributed by atoms with E-state index in [1.54, 1.807) is 6.07 Å². The lowest BCUT2D eigenvalue weighted by Gasteiger charge is -2.07. The number of nitrogens with one attached hydrogen (secondary N) is 1. The van der Waals surface area contributed by atoms with Crippen molar-refractivity contribution in [3.8, 4) is 5.69 Å². The number of amides is 1. The lowest BCUT2D eigenvalue weighted by Crippen LogP contribution is -2.14. The summed E-state index contributed by atoms with van der Waals surface area (Å²) in [5, 5.41) is 11.1. The van der Waals surface area contributed by atoms with Crippen LogP contribution in [0, 0.1) is 0 Å². The molecule has 0 aliphatic carbocycles. The van der Waals surface area contributed by atoms with E-state index < -0.39 is 11.9 Å². The summed E-state index contributed by atoms with van der Waals surface area (Å²) in [4.78, 5) is 25.3. The van der Waals surface area contributed by atoms with Crippen molar-refractivity contribution in [1.82, 2.24) is 15.0 Å². The number of halogens is 1. The molecule has 0 spiro atoms. The minimum atomic E-state index is -0.587. The van der Waals surface area contributed by atoms with Crippen LogP contribution in [0.2, 0.25) is 5.02 Å². The third-order valence-electron chi connectivity index (χ3n) is 3.34. The highest BCUT2D eigenvalue weighted by molar-refractivity contribution is 6.33. The first-order chi connectivity index (χ1) is 12.1. The summed E-state index contributed by atoms with van der Waals surface area (Å²) in [6, 6.07) is 13.7. The summed E-state index contributed by atoms with van der Waals surface area (Å²) in [5.74, 6) is -1.04. The lowest BCUT2D eigenvalue weighted by molar-refractivity contribution is 0.0600. The SMILES string of the molecule is COC(=O)c1cc(NC(=O)c2cnn(-c3ccccc3)n2)ccc1Cl. The van der Waals surface area contributed by atoms with E-state index in [1.165, 1.54) is 30.2 Å². The molecule has 0 aliphatic heterocycles. The molecule has 25 heavy (non-hydrogen) atoms. The Kier molecular flexibility index (Phi) is 4.76. The number of methoxy groups -OCH3 is 1. The van der Waals surface area contributed by atoms with Crippen LogP contribution in [0.4, 0.5) is 5.69 Å². The Hall–Kier alpha value is -3.19. The van der Waals surface area contributed by atoms with Crippen molar-refractivity contribution in [3.05, 3.63) is 71.0 Å². The average Bonchev–Trinajstić information content (AvgIpc) is 3.14. The van der Waals surface area contributed by atoms with Crippen LogP contribution >= 0.6 is 11.6 Å². The predicted molar refractivity (Wildman–Crippen MR) is 92.1 cm³/mol. The van der Waals surface area contributed by atoms with E-state index >= 15 is 0 Å². The first kappa shape index (κ1) is 16.7. The van der Waals surface area contributed by atoms with Crippen molar-refractivity contribution in [2.24, 2.45) is 0 Å². The second-order valence-corrected chi connectivity index (χ2v) is 5.40. The van der Waals surface area contributed by atoms with Gasteiger partial charge in [-0.05, 0) is 30.3 Å². The molecule has 0 saturated heterocycles. The zero-order valence-electron chi connectivity index (χ0n) is 13.1. The number of nitrogens with zero attached hydrogens (tertiary/aromatic N) is 3. The molecule has 7 nitrogen and oxygen atoms in total. The molecule has 2 aromatic carbocycles. The molecule has 0 fully saturated rings. The summed E-state index contributed by atoms with van der Waals surface area (Å²) in [6.07, 6.45) is 1.36. The molecule has 3 aromatic rings. The average molecular weight is 357 g/mol. The van der Waals surface area contributed by atoms with E-state index in [-0.39, 0.29) is 16.3 Å². The van der Waals surface area contributed by atoms with E-state index in [0.29, 0.717) is 5.69 Å².